The van der Waals surface area contributed by atoms with E-state index in [1.54, 1.807) is 0 Å². The van der Waals surface area contributed by atoms with Gasteiger partial charge in [0.25, 0.3) is 0 Å². The minimum absolute atomic E-state index is 0.0274. The van der Waals surface area contributed by atoms with E-state index in [1.807, 2.05) is 21.6 Å². The van der Waals surface area contributed by atoms with Gasteiger partial charge >= 0.3 is 18.7 Å². The molecule has 0 radical (unpaired) electrons. The molecule has 0 spiro atoms. The molecule has 0 aliphatic carbocycles. The summed E-state index contributed by atoms with van der Waals surface area (Å²) < 4.78 is 61.7. The van der Waals surface area contributed by atoms with Gasteiger partial charge in [-0.1, -0.05) is 111 Å². The first-order chi connectivity index (χ1) is 19.2. The first-order valence-electron chi connectivity index (χ1n) is 14.8. The zero-order valence-electron chi connectivity index (χ0n) is 24.0. The molecule has 0 atom stereocenters. The molecule has 14 heteroatoms. The predicted molar refractivity (Wildman–Crippen MR) is 171 cm³/mol. The molecular weight excluding hydrogens is 639 g/mol. The van der Waals surface area contributed by atoms with Gasteiger partial charge < -0.3 is 9.47 Å². The van der Waals surface area contributed by atoms with Gasteiger partial charge in [0, 0.05) is 46.1 Å². The molecule has 0 fully saturated rings. The quantitative estimate of drug-likeness (QED) is 0.0378. The Labute approximate surface area is 261 Å². The third kappa shape index (κ3) is 39.0. The monoisotopic (exact) mass is 690 g/mol. The maximum Gasteiger partial charge on any atom is 0.355 e. The van der Waals surface area contributed by atoms with Crippen LogP contribution in [0.15, 0.2) is 0 Å². The minimum atomic E-state index is -3.88. The lowest BCUT2D eigenvalue weighted by Gasteiger charge is -2.05. The van der Waals surface area contributed by atoms with Crippen molar-refractivity contribution in [2.45, 2.75) is 116 Å². The molecule has 0 N–H and O–H groups in total. The summed E-state index contributed by atoms with van der Waals surface area (Å²) in [6.07, 6.45) is 22.6. The van der Waals surface area contributed by atoms with E-state index in [0.29, 0.717) is 13.2 Å². The normalized spacial score (nSPS) is 12.3. The number of halogens is 2. The van der Waals surface area contributed by atoms with Crippen LogP contribution in [0, 0.1) is 0 Å². The van der Waals surface area contributed by atoms with Gasteiger partial charge in [0.05, 0.1) is 26.4 Å². The Morgan fingerprint density at radius 3 is 0.950 bits per heavy atom. The summed E-state index contributed by atoms with van der Waals surface area (Å²) in [5.74, 6) is 2.53. The molecule has 8 nitrogen and oxygen atoms in total. The highest BCUT2D eigenvalue weighted by Crippen LogP contribution is 2.25. The van der Waals surface area contributed by atoms with Crippen molar-refractivity contribution in [2.75, 3.05) is 51.1 Å². The maximum absolute atomic E-state index is 10.6. The van der Waals surface area contributed by atoms with Crippen LogP contribution in [0.1, 0.15) is 116 Å². The van der Waals surface area contributed by atoms with Gasteiger partial charge in [0.15, 0.2) is 0 Å². The predicted octanol–water partition coefficient (Wildman–Crippen LogP) is 8.42. The van der Waals surface area contributed by atoms with Gasteiger partial charge in [-0.25, -0.2) is 0 Å². The van der Waals surface area contributed by atoms with E-state index in [0.717, 1.165) is 25.7 Å². The zero-order valence-corrected chi connectivity index (χ0v) is 28.8. The maximum atomic E-state index is 10.6. The molecule has 242 valence electrons. The van der Waals surface area contributed by atoms with E-state index < -0.39 is 18.7 Å². The van der Waals surface area contributed by atoms with E-state index in [1.165, 1.54) is 101 Å². The van der Waals surface area contributed by atoms with Crippen molar-refractivity contribution >= 4 is 61.6 Å². The van der Waals surface area contributed by atoms with Crippen LogP contribution in [0.5, 0.6) is 0 Å². The summed E-state index contributed by atoms with van der Waals surface area (Å²) in [7, 11) is 6.19. The van der Waals surface area contributed by atoms with Crippen molar-refractivity contribution in [1.29, 1.82) is 0 Å². The Bertz CT molecular complexity index is 681. The molecule has 0 unspecified atom stereocenters. The fourth-order valence-corrected chi connectivity index (χ4v) is 7.12. The molecule has 0 amide bonds. The SMILES string of the molecule is O=S(=O)(Cl)OCCOCCCCCCCCCCCSSCCCCCCCCCCCOCCOS(=O)(=O)Cl. The molecule has 0 aromatic rings. The minimum Gasteiger partial charge on any atom is -0.379 e. The average molecular weight is 692 g/mol. The number of hydrogen-bond donors (Lipinski definition) is 0. The van der Waals surface area contributed by atoms with Gasteiger partial charge in [-0.2, -0.15) is 16.8 Å². The van der Waals surface area contributed by atoms with Crippen molar-refractivity contribution in [3.63, 3.8) is 0 Å². The van der Waals surface area contributed by atoms with Crippen molar-refractivity contribution < 1.29 is 34.7 Å². The van der Waals surface area contributed by atoms with E-state index in [9.17, 15) is 16.8 Å². The van der Waals surface area contributed by atoms with Crippen LogP contribution in [0.2, 0.25) is 0 Å². The van der Waals surface area contributed by atoms with Crippen LogP contribution in [-0.4, -0.2) is 68.0 Å². The molecule has 40 heavy (non-hydrogen) atoms. The smallest absolute Gasteiger partial charge is 0.355 e. The number of unbranched alkanes of at least 4 members (excludes halogenated alkanes) is 16. The average Bonchev–Trinajstić information content (AvgIpc) is 2.88. The van der Waals surface area contributed by atoms with E-state index in [-0.39, 0.29) is 26.4 Å². The summed E-state index contributed by atoms with van der Waals surface area (Å²) >= 11 is 0. The molecule has 0 saturated carbocycles. The highest BCUT2D eigenvalue weighted by Gasteiger charge is 2.04. The molecule has 0 rings (SSSR count). The van der Waals surface area contributed by atoms with Crippen molar-refractivity contribution in [3.8, 4) is 0 Å². The van der Waals surface area contributed by atoms with E-state index in [4.69, 9.17) is 30.8 Å². The van der Waals surface area contributed by atoms with Crippen LogP contribution in [-0.2, 0) is 36.5 Å². The fraction of sp³-hybridized carbons (Fsp3) is 1.00. The Morgan fingerprint density at radius 1 is 0.375 bits per heavy atom. The summed E-state index contributed by atoms with van der Waals surface area (Å²) in [4.78, 5) is 0. The fourth-order valence-electron chi connectivity index (χ4n) is 3.91. The molecule has 0 aliphatic heterocycles. The summed E-state index contributed by atoms with van der Waals surface area (Å²) in [6.45, 7) is 1.71. The van der Waals surface area contributed by atoms with Crippen LogP contribution in [0.25, 0.3) is 0 Å². The van der Waals surface area contributed by atoms with E-state index >= 15 is 0 Å². The molecule has 0 aromatic carbocycles. The first kappa shape index (κ1) is 41.0. The van der Waals surface area contributed by atoms with Gasteiger partial charge in [-0.05, 0) is 25.7 Å². The van der Waals surface area contributed by atoms with Gasteiger partial charge in [0.2, 0.25) is 0 Å². The lowest BCUT2D eigenvalue weighted by atomic mass is 10.1. The lowest BCUT2D eigenvalue weighted by molar-refractivity contribution is 0.1000. The first-order valence-corrected chi connectivity index (χ1v) is 21.7. The largest absolute Gasteiger partial charge is 0.379 e. The van der Waals surface area contributed by atoms with Crippen molar-refractivity contribution in [3.05, 3.63) is 0 Å². The van der Waals surface area contributed by atoms with Crippen LogP contribution >= 0.6 is 43.0 Å². The molecule has 0 heterocycles. The van der Waals surface area contributed by atoms with Crippen LogP contribution < -0.4 is 0 Å². The van der Waals surface area contributed by atoms with Crippen molar-refractivity contribution in [2.24, 2.45) is 0 Å². The Hall–Kier alpha value is 1.02. The number of rotatable bonds is 33. The third-order valence-electron chi connectivity index (χ3n) is 6.02. The summed E-state index contributed by atoms with van der Waals surface area (Å²) in [5, 5.41) is 0. The third-order valence-corrected chi connectivity index (χ3v) is 10.0. The summed E-state index contributed by atoms with van der Waals surface area (Å²) in [6, 6.07) is 0. The molecule has 0 aromatic heterocycles. The van der Waals surface area contributed by atoms with Crippen LogP contribution in [0.3, 0.4) is 0 Å². The van der Waals surface area contributed by atoms with E-state index in [2.05, 4.69) is 8.37 Å². The molecule has 0 saturated heterocycles. The highest BCUT2D eigenvalue weighted by atomic mass is 35.7. The lowest BCUT2D eigenvalue weighted by Crippen LogP contribution is -2.07. The second-order valence-electron chi connectivity index (χ2n) is 9.66. The Balaban J connectivity index is 3.08. The molecular formula is C26H52Cl2O8S4. The van der Waals surface area contributed by atoms with Gasteiger partial charge in [-0.15, -0.1) is 0 Å². The second-order valence-corrected chi connectivity index (χ2v) is 16.7. The Kier molecular flexibility index (Phi) is 30.8. The van der Waals surface area contributed by atoms with Crippen LogP contribution in [0.4, 0.5) is 0 Å². The highest BCUT2D eigenvalue weighted by molar-refractivity contribution is 8.76. The standard InChI is InChI=1S/C26H52Cl2O8S4/c27-39(29,30)35-23-21-33-19-15-11-7-3-1-5-9-13-17-25-37-38-26-18-14-10-6-2-4-8-12-16-20-34-22-24-36-40(28,31)32/h1-26H2. The van der Waals surface area contributed by atoms with Crippen molar-refractivity contribution in [1.82, 2.24) is 0 Å². The summed E-state index contributed by atoms with van der Waals surface area (Å²) in [5.41, 5.74) is 0. The van der Waals surface area contributed by atoms with Gasteiger partial charge in [0.1, 0.15) is 0 Å². The van der Waals surface area contributed by atoms with Gasteiger partial charge in [-0.3, -0.25) is 8.37 Å². The molecule has 0 bridgehead atoms. The second kappa shape index (κ2) is 30.1. The number of ether oxygens (including phenoxy) is 2. The zero-order chi connectivity index (χ0) is 29.6. The molecule has 0 aliphatic rings. The number of hydrogen-bond acceptors (Lipinski definition) is 10. The topological polar surface area (TPSA) is 105 Å². The Morgan fingerprint density at radius 2 is 0.650 bits per heavy atom.